The Morgan fingerprint density at radius 3 is 2.35 bits per heavy atom. The van der Waals surface area contributed by atoms with Crippen molar-refractivity contribution in [3.8, 4) is 0 Å². The number of aryl methyl sites for hydroxylation is 1. The van der Waals surface area contributed by atoms with E-state index in [2.05, 4.69) is 10.6 Å². The van der Waals surface area contributed by atoms with Gasteiger partial charge in [-0.1, -0.05) is 29.8 Å². The fourth-order valence-electron chi connectivity index (χ4n) is 3.67. The van der Waals surface area contributed by atoms with Gasteiger partial charge in [-0.2, -0.15) is 0 Å². The van der Waals surface area contributed by atoms with E-state index in [1.165, 1.54) is 0 Å². The predicted octanol–water partition coefficient (Wildman–Crippen LogP) is 3.58. The summed E-state index contributed by atoms with van der Waals surface area (Å²) in [6.45, 7) is 3.63. The molecule has 6 nitrogen and oxygen atoms in total. The van der Waals surface area contributed by atoms with Gasteiger partial charge >= 0.3 is 0 Å². The fraction of sp³-hybridized carbons (Fsp3) is 0.375. The van der Waals surface area contributed by atoms with Crippen LogP contribution in [-0.2, 0) is 4.79 Å². The molecule has 2 aromatic carbocycles. The van der Waals surface area contributed by atoms with Gasteiger partial charge in [0.15, 0.2) is 0 Å². The zero-order chi connectivity index (χ0) is 22.2. The molecule has 0 spiro atoms. The molecule has 0 bridgehead atoms. The summed E-state index contributed by atoms with van der Waals surface area (Å²) in [5.74, 6) is -0.141. The highest BCUT2D eigenvalue weighted by molar-refractivity contribution is 6.30. The van der Waals surface area contributed by atoms with Crippen LogP contribution in [0.25, 0.3) is 0 Å². The average Bonchev–Trinajstić information content (AvgIpc) is 2.77. The Bertz CT molecular complexity index is 922. The van der Waals surface area contributed by atoms with E-state index >= 15 is 0 Å². The molecule has 7 heteroatoms. The highest BCUT2D eigenvalue weighted by Crippen LogP contribution is 2.14. The monoisotopic (exact) mass is 441 g/mol. The van der Waals surface area contributed by atoms with E-state index in [1.807, 2.05) is 36.1 Å². The average molecular weight is 442 g/mol. The summed E-state index contributed by atoms with van der Waals surface area (Å²) >= 11 is 5.83. The standard InChI is InChI=1S/C24H28ClN3O3/c1-17-5-2-3-6-21(17)24(31)27-20-12-15-28(16-13-20)22(29)7-4-14-26-23(30)18-8-10-19(25)11-9-18/h2-3,5-6,8-11,20H,4,7,12-16H2,1H3,(H,26,30)(H,27,31). The number of halogens is 1. The van der Waals surface area contributed by atoms with Gasteiger partial charge in [-0.05, 0) is 62.1 Å². The number of piperidine rings is 1. The van der Waals surface area contributed by atoms with Gasteiger partial charge in [0.25, 0.3) is 11.8 Å². The summed E-state index contributed by atoms with van der Waals surface area (Å²) in [4.78, 5) is 38.8. The van der Waals surface area contributed by atoms with Crippen molar-refractivity contribution in [1.29, 1.82) is 0 Å². The number of rotatable bonds is 7. The first-order valence-electron chi connectivity index (χ1n) is 10.6. The molecule has 1 fully saturated rings. The maximum absolute atomic E-state index is 12.5. The van der Waals surface area contributed by atoms with E-state index in [0.29, 0.717) is 48.6 Å². The highest BCUT2D eigenvalue weighted by atomic mass is 35.5. The molecule has 0 aliphatic carbocycles. The second-order valence-electron chi connectivity index (χ2n) is 7.81. The Labute approximate surface area is 188 Å². The fourth-order valence-corrected chi connectivity index (χ4v) is 3.79. The van der Waals surface area contributed by atoms with E-state index in [9.17, 15) is 14.4 Å². The van der Waals surface area contributed by atoms with Crippen LogP contribution >= 0.6 is 11.6 Å². The van der Waals surface area contributed by atoms with Crippen LogP contribution in [0.3, 0.4) is 0 Å². The molecule has 1 aliphatic rings. The van der Waals surface area contributed by atoms with Crippen LogP contribution < -0.4 is 10.6 Å². The van der Waals surface area contributed by atoms with Gasteiger partial charge < -0.3 is 15.5 Å². The molecule has 3 amide bonds. The van der Waals surface area contributed by atoms with E-state index < -0.39 is 0 Å². The van der Waals surface area contributed by atoms with Gasteiger partial charge in [0.1, 0.15) is 0 Å². The van der Waals surface area contributed by atoms with Crippen molar-refractivity contribution in [3.05, 3.63) is 70.2 Å². The van der Waals surface area contributed by atoms with Gasteiger partial charge in [-0.15, -0.1) is 0 Å². The maximum Gasteiger partial charge on any atom is 0.251 e. The van der Waals surface area contributed by atoms with E-state index in [1.54, 1.807) is 24.3 Å². The topological polar surface area (TPSA) is 78.5 Å². The number of benzene rings is 2. The van der Waals surface area contributed by atoms with Crippen molar-refractivity contribution in [2.24, 2.45) is 0 Å². The predicted molar refractivity (Wildman–Crippen MR) is 121 cm³/mol. The van der Waals surface area contributed by atoms with Crippen molar-refractivity contribution in [3.63, 3.8) is 0 Å². The Balaban J connectivity index is 1.34. The third kappa shape index (κ3) is 6.56. The number of nitrogens with one attached hydrogen (secondary N) is 2. The first-order valence-corrected chi connectivity index (χ1v) is 11.0. The second-order valence-corrected chi connectivity index (χ2v) is 8.25. The van der Waals surface area contributed by atoms with Crippen molar-refractivity contribution < 1.29 is 14.4 Å². The minimum atomic E-state index is -0.172. The third-order valence-electron chi connectivity index (χ3n) is 5.53. The van der Waals surface area contributed by atoms with Gasteiger partial charge in [0, 0.05) is 48.2 Å². The largest absolute Gasteiger partial charge is 0.352 e. The minimum absolute atomic E-state index is 0.0562. The summed E-state index contributed by atoms with van der Waals surface area (Å²) in [7, 11) is 0. The smallest absolute Gasteiger partial charge is 0.251 e. The number of hydrogen-bond acceptors (Lipinski definition) is 3. The molecular weight excluding hydrogens is 414 g/mol. The molecule has 1 heterocycles. The van der Waals surface area contributed by atoms with Gasteiger partial charge in [-0.3, -0.25) is 14.4 Å². The molecule has 0 atom stereocenters. The Morgan fingerprint density at radius 2 is 1.68 bits per heavy atom. The maximum atomic E-state index is 12.5. The summed E-state index contributed by atoms with van der Waals surface area (Å²) in [5.41, 5.74) is 2.20. The normalized spacial score (nSPS) is 14.2. The highest BCUT2D eigenvalue weighted by Gasteiger charge is 2.24. The molecule has 2 aromatic rings. The molecule has 0 saturated carbocycles. The van der Waals surface area contributed by atoms with E-state index in [0.717, 1.165) is 18.4 Å². The Kier molecular flexibility index (Phi) is 8.06. The van der Waals surface area contributed by atoms with Crippen LogP contribution in [0.5, 0.6) is 0 Å². The van der Waals surface area contributed by atoms with Crippen LogP contribution in [0.15, 0.2) is 48.5 Å². The molecule has 0 aromatic heterocycles. The van der Waals surface area contributed by atoms with E-state index in [4.69, 9.17) is 11.6 Å². The van der Waals surface area contributed by atoms with Crippen LogP contribution in [0.4, 0.5) is 0 Å². The van der Waals surface area contributed by atoms with Gasteiger partial charge in [-0.25, -0.2) is 0 Å². The molecule has 0 radical (unpaired) electrons. The Hall–Kier alpha value is -2.86. The zero-order valence-corrected chi connectivity index (χ0v) is 18.5. The lowest BCUT2D eigenvalue weighted by atomic mass is 10.0. The van der Waals surface area contributed by atoms with Crippen molar-refractivity contribution in [2.75, 3.05) is 19.6 Å². The lowest BCUT2D eigenvalue weighted by Gasteiger charge is -2.32. The van der Waals surface area contributed by atoms with Crippen LogP contribution in [0, 0.1) is 6.92 Å². The van der Waals surface area contributed by atoms with Crippen LogP contribution in [0.2, 0.25) is 5.02 Å². The quantitative estimate of drug-likeness (QED) is 0.644. The molecule has 0 unspecified atom stereocenters. The number of nitrogens with zero attached hydrogens (tertiary/aromatic N) is 1. The third-order valence-corrected chi connectivity index (χ3v) is 5.78. The van der Waals surface area contributed by atoms with Crippen molar-refractivity contribution >= 4 is 29.3 Å². The summed E-state index contributed by atoms with van der Waals surface area (Å²) in [6, 6.07) is 14.3. The van der Waals surface area contributed by atoms with E-state index in [-0.39, 0.29) is 23.8 Å². The van der Waals surface area contributed by atoms with Crippen LogP contribution in [0.1, 0.15) is 52.0 Å². The number of amides is 3. The first kappa shape index (κ1) is 22.8. The minimum Gasteiger partial charge on any atom is -0.352 e. The molecular formula is C24H28ClN3O3. The summed E-state index contributed by atoms with van der Waals surface area (Å²) in [6.07, 6.45) is 2.47. The lowest BCUT2D eigenvalue weighted by Crippen LogP contribution is -2.46. The number of hydrogen-bond donors (Lipinski definition) is 2. The summed E-state index contributed by atoms with van der Waals surface area (Å²) in [5, 5.41) is 6.50. The number of carbonyl (C=O) groups is 3. The molecule has 31 heavy (non-hydrogen) atoms. The Morgan fingerprint density at radius 1 is 1.00 bits per heavy atom. The number of likely N-dealkylation sites (tertiary alicyclic amines) is 1. The zero-order valence-electron chi connectivity index (χ0n) is 17.7. The molecule has 1 saturated heterocycles. The van der Waals surface area contributed by atoms with Crippen molar-refractivity contribution in [1.82, 2.24) is 15.5 Å². The molecule has 3 rings (SSSR count). The van der Waals surface area contributed by atoms with Gasteiger partial charge in [0.2, 0.25) is 5.91 Å². The molecule has 164 valence electrons. The van der Waals surface area contributed by atoms with Crippen molar-refractivity contribution in [2.45, 2.75) is 38.6 Å². The van der Waals surface area contributed by atoms with Gasteiger partial charge in [0.05, 0.1) is 0 Å². The SMILES string of the molecule is Cc1ccccc1C(=O)NC1CCN(C(=O)CCCNC(=O)c2ccc(Cl)cc2)CC1. The summed E-state index contributed by atoms with van der Waals surface area (Å²) < 4.78 is 0. The first-order chi connectivity index (χ1) is 14.9. The van der Waals surface area contributed by atoms with Crippen LogP contribution in [-0.4, -0.2) is 48.3 Å². The number of carbonyl (C=O) groups excluding carboxylic acids is 3. The lowest BCUT2D eigenvalue weighted by molar-refractivity contribution is -0.132. The second kappa shape index (κ2) is 11.0. The molecule has 2 N–H and O–H groups in total. The molecule has 1 aliphatic heterocycles.